The molecule has 1 unspecified atom stereocenters. The third-order valence-corrected chi connectivity index (χ3v) is 5.05. The summed E-state index contributed by atoms with van der Waals surface area (Å²) in [6, 6.07) is 4.68. The number of carbonyl (C=O) groups is 1. The van der Waals surface area contributed by atoms with Gasteiger partial charge in [-0.25, -0.2) is 8.42 Å². The smallest absolute Gasteiger partial charge is 0.321 e. The van der Waals surface area contributed by atoms with E-state index in [0.29, 0.717) is 25.6 Å². The van der Waals surface area contributed by atoms with E-state index in [0.717, 1.165) is 4.31 Å². The fourth-order valence-electron chi connectivity index (χ4n) is 1.60. The average Bonchev–Trinajstić information content (AvgIpc) is 2.50. The van der Waals surface area contributed by atoms with Crippen LogP contribution in [0.5, 0.6) is 5.75 Å². The Labute approximate surface area is 130 Å². The standard InChI is InChI=1S/C14H21NO6S/c1-4-20-9-10-21-12-5-7-13(8-6-12)22(18,19)15(3)11(2)14(16)17/h5-8,11H,4,9-10H2,1-3H3,(H,16,17). The Morgan fingerprint density at radius 1 is 1.27 bits per heavy atom. The molecular weight excluding hydrogens is 310 g/mol. The highest BCUT2D eigenvalue weighted by Gasteiger charge is 2.29. The fourth-order valence-corrected chi connectivity index (χ4v) is 2.92. The number of nitrogens with zero attached hydrogens (tertiary/aromatic N) is 1. The Hall–Kier alpha value is -1.64. The van der Waals surface area contributed by atoms with Crippen molar-refractivity contribution in [1.82, 2.24) is 4.31 Å². The van der Waals surface area contributed by atoms with Crippen molar-refractivity contribution in [2.75, 3.05) is 26.9 Å². The highest BCUT2D eigenvalue weighted by atomic mass is 32.2. The molecule has 0 heterocycles. The first kappa shape index (κ1) is 18.4. The maximum atomic E-state index is 12.3. The van der Waals surface area contributed by atoms with E-state index in [1.807, 2.05) is 6.92 Å². The molecule has 8 heteroatoms. The summed E-state index contributed by atoms with van der Waals surface area (Å²) in [5.74, 6) is -0.686. The zero-order valence-electron chi connectivity index (χ0n) is 12.9. The number of rotatable bonds is 9. The van der Waals surface area contributed by atoms with E-state index in [9.17, 15) is 13.2 Å². The van der Waals surface area contributed by atoms with Gasteiger partial charge in [-0.15, -0.1) is 0 Å². The summed E-state index contributed by atoms with van der Waals surface area (Å²) < 4.78 is 35.9. The Morgan fingerprint density at radius 2 is 1.86 bits per heavy atom. The molecule has 0 aliphatic heterocycles. The SMILES string of the molecule is CCOCCOc1ccc(S(=O)(=O)N(C)C(C)C(=O)O)cc1. The first-order valence-corrected chi connectivity index (χ1v) is 8.26. The van der Waals surface area contributed by atoms with Crippen LogP contribution < -0.4 is 4.74 Å². The summed E-state index contributed by atoms with van der Waals surface area (Å²) >= 11 is 0. The number of hydrogen-bond acceptors (Lipinski definition) is 5. The molecule has 0 radical (unpaired) electrons. The van der Waals surface area contributed by atoms with E-state index >= 15 is 0 Å². The summed E-state index contributed by atoms with van der Waals surface area (Å²) in [6.45, 7) is 4.62. The van der Waals surface area contributed by atoms with Crippen LogP contribution in [0.4, 0.5) is 0 Å². The van der Waals surface area contributed by atoms with Crippen molar-refractivity contribution in [2.24, 2.45) is 0 Å². The van der Waals surface area contributed by atoms with Gasteiger partial charge in [0.1, 0.15) is 18.4 Å². The van der Waals surface area contributed by atoms with E-state index in [1.165, 1.54) is 38.2 Å². The number of likely N-dealkylation sites (N-methyl/N-ethyl adjacent to an activating group) is 1. The summed E-state index contributed by atoms with van der Waals surface area (Å²) in [7, 11) is -2.62. The molecule has 0 amide bonds. The van der Waals surface area contributed by atoms with Gasteiger partial charge >= 0.3 is 5.97 Å². The second-order valence-corrected chi connectivity index (χ2v) is 6.55. The van der Waals surface area contributed by atoms with Gasteiger partial charge in [0.15, 0.2) is 0 Å². The van der Waals surface area contributed by atoms with Gasteiger partial charge < -0.3 is 14.6 Å². The number of aliphatic carboxylic acids is 1. The van der Waals surface area contributed by atoms with Crippen LogP contribution in [0.2, 0.25) is 0 Å². The van der Waals surface area contributed by atoms with Crippen molar-refractivity contribution < 1.29 is 27.8 Å². The first-order valence-electron chi connectivity index (χ1n) is 6.82. The zero-order valence-corrected chi connectivity index (χ0v) is 13.7. The molecular formula is C14H21NO6S. The van der Waals surface area contributed by atoms with Gasteiger partial charge in [-0.05, 0) is 38.1 Å². The van der Waals surface area contributed by atoms with Crippen molar-refractivity contribution in [3.63, 3.8) is 0 Å². The fraction of sp³-hybridized carbons (Fsp3) is 0.500. The van der Waals surface area contributed by atoms with Crippen LogP contribution in [0.15, 0.2) is 29.2 Å². The van der Waals surface area contributed by atoms with Crippen LogP contribution in [0.3, 0.4) is 0 Å². The largest absolute Gasteiger partial charge is 0.491 e. The van der Waals surface area contributed by atoms with Crippen molar-refractivity contribution in [3.05, 3.63) is 24.3 Å². The normalized spacial score (nSPS) is 13.1. The quantitative estimate of drug-likeness (QED) is 0.683. The molecule has 0 bridgehead atoms. The van der Waals surface area contributed by atoms with Gasteiger partial charge in [0.2, 0.25) is 10.0 Å². The summed E-state index contributed by atoms with van der Waals surface area (Å²) in [4.78, 5) is 10.9. The molecule has 22 heavy (non-hydrogen) atoms. The van der Waals surface area contributed by atoms with Crippen LogP contribution in [-0.4, -0.2) is 56.7 Å². The second kappa shape index (κ2) is 8.11. The number of ether oxygens (including phenoxy) is 2. The molecule has 0 saturated carbocycles. The summed E-state index contributed by atoms with van der Waals surface area (Å²) in [6.07, 6.45) is 0. The Kier molecular flexibility index (Phi) is 6.79. The topological polar surface area (TPSA) is 93.1 Å². The van der Waals surface area contributed by atoms with Gasteiger partial charge in [-0.2, -0.15) is 4.31 Å². The molecule has 1 N–H and O–H groups in total. The minimum atomic E-state index is -3.86. The first-order chi connectivity index (χ1) is 10.3. The number of sulfonamides is 1. The molecule has 0 saturated heterocycles. The van der Waals surface area contributed by atoms with Crippen LogP contribution in [-0.2, 0) is 19.6 Å². The van der Waals surface area contributed by atoms with Crippen molar-refractivity contribution >= 4 is 16.0 Å². The van der Waals surface area contributed by atoms with Gasteiger partial charge in [-0.1, -0.05) is 0 Å². The maximum absolute atomic E-state index is 12.3. The molecule has 1 atom stereocenters. The maximum Gasteiger partial charge on any atom is 0.321 e. The van der Waals surface area contributed by atoms with Crippen molar-refractivity contribution in [2.45, 2.75) is 24.8 Å². The number of carboxylic acids is 1. The molecule has 0 fully saturated rings. The summed E-state index contributed by atoms with van der Waals surface area (Å²) in [5.41, 5.74) is 0. The van der Waals surface area contributed by atoms with E-state index in [1.54, 1.807) is 0 Å². The zero-order chi connectivity index (χ0) is 16.8. The second-order valence-electron chi connectivity index (χ2n) is 4.55. The lowest BCUT2D eigenvalue weighted by molar-refractivity contribution is -0.140. The minimum absolute atomic E-state index is 0.0141. The van der Waals surface area contributed by atoms with Crippen LogP contribution in [0.1, 0.15) is 13.8 Å². The molecule has 1 rings (SSSR count). The summed E-state index contributed by atoms with van der Waals surface area (Å²) in [5, 5.41) is 8.91. The van der Waals surface area contributed by atoms with E-state index in [-0.39, 0.29) is 4.90 Å². The van der Waals surface area contributed by atoms with E-state index in [2.05, 4.69) is 0 Å². The molecule has 1 aromatic rings. The van der Waals surface area contributed by atoms with Gasteiger partial charge in [0.25, 0.3) is 0 Å². The molecule has 0 aliphatic rings. The monoisotopic (exact) mass is 331 g/mol. The van der Waals surface area contributed by atoms with Gasteiger partial charge in [-0.3, -0.25) is 4.79 Å². The average molecular weight is 331 g/mol. The lowest BCUT2D eigenvalue weighted by atomic mass is 10.3. The Balaban J connectivity index is 2.78. The van der Waals surface area contributed by atoms with E-state index < -0.39 is 22.0 Å². The Bertz CT molecular complexity index is 584. The molecule has 0 spiro atoms. The molecule has 0 aliphatic carbocycles. The number of hydrogen-bond donors (Lipinski definition) is 1. The van der Waals surface area contributed by atoms with Crippen LogP contribution in [0, 0.1) is 0 Å². The van der Waals surface area contributed by atoms with Crippen LogP contribution in [0.25, 0.3) is 0 Å². The third-order valence-electron chi connectivity index (χ3n) is 3.10. The van der Waals surface area contributed by atoms with Crippen molar-refractivity contribution in [3.8, 4) is 5.75 Å². The Morgan fingerprint density at radius 3 is 2.36 bits per heavy atom. The number of carboxylic acid groups (broad SMARTS) is 1. The molecule has 7 nitrogen and oxygen atoms in total. The lowest BCUT2D eigenvalue weighted by Gasteiger charge is -2.21. The highest BCUT2D eigenvalue weighted by Crippen LogP contribution is 2.20. The highest BCUT2D eigenvalue weighted by molar-refractivity contribution is 7.89. The lowest BCUT2D eigenvalue weighted by Crippen LogP contribution is -2.40. The van der Waals surface area contributed by atoms with Gasteiger partial charge in [0, 0.05) is 13.7 Å². The molecule has 0 aromatic heterocycles. The predicted molar refractivity (Wildman–Crippen MR) is 80.5 cm³/mol. The molecule has 1 aromatic carbocycles. The van der Waals surface area contributed by atoms with Gasteiger partial charge in [0.05, 0.1) is 11.5 Å². The van der Waals surface area contributed by atoms with E-state index in [4.69, 9.17) is 14.6 Å². The third kappa shape index (κ3) is 4.69. The number of benzene rings is 1. The minimum Gasteiger partial charge on any atom is -0.491 e. The van der Waals surface area contributed by atoms with Crippen LogP contribution >= 0.6 is 0 Å². The molecule has 124 valence electrons. The van der Waals surface area contributed by atoms with Crippen molar-refractivity contribution in [1.29, 1.82) is 0 Å². The predicted octanol–water partition coefficient (Wildman–Crippen LogP) is 1.20.